The Morgan fingerprint density at radius 2 is 1.88 bits per heavy atom. The largest absolute Gasteiger partial charge is 0.369 e. The van der Waals surface area contributed by atoms with Crippen LogP contribution in [0.15, 0.2) is 60.8 Å². The van der Waals surface area contributed by atoms with Gasteiger partial charge < -0.3 is 11.5 Å². The Balaban J connectivity index is 2.25. The summed E-state index contributed by atoms with van der Waals surface area (Å²) in [5.74, 6) is -0.167. The molecule has 0 saturated carbocycles. The van der Waals surface area contributed by atoms with Gasteiger partial charge in [0.15, 0.2) is 0 Å². The lowest BCUT2D eigenvalue weighted by Crippen LogP contribution is -2.22. The molecule has 0 aliphatic rings. The number of halogens is 1. The monoisotopic (exact) mass is 439 g/mol. The molecule has 0 radical (unpaired) electrons. The van der Waals surface area contributed by atoms with Crippen molar-refractivity contribution < 1.29 is 8.42 Å². The minimum atomic E-state index is -3.72. The highest BCUT2D eigenvalue weighted by molar-refractivity contribution is 9.11. The van der Waals surface area contributed by atoms with Gasteiger partial charge in [-0.05, 0) is 41.1 Å². The highest BCUT2D eigenvalue weighted by Gasteiger charge is 2.23. The van der Waals surface area contributed by atoms with Gasteiger partial charge in [0.05, 0.1) is 15.0 Å². The maximum absolute atomic E-state index is 13.0. The normalized spacial score (nSPS) is 12.5. The molecule has 0 fully saturated rings. The van der Waals surface area contributed by atoms with E-state index < -0.39 is 10.0 Å². The lowest BCUT2D eigenvalue weighted by Gasteiger charge is -2.04. The van der Waals surface area contributed by atoms with Gasteiger partial charge >= 0.3 is 0 Å². The molecule has 2 heterocycles. The Morgan fingerprint density at radius 3 is 2.52 bits per heavy atom. The van der Waals surface area contributed by atoms with Crippen molar-refractivity contribution in [2.45, 2.75) is 11.1 Å². The maximum Gasteiger partial charge on any atom is 0.277 e. The average Bonchev–Trinajstić information content (AvgIpc) is 3.17. The summed E-state index contributed by atoms with van der Waals surface area (Å²) >= 11 is 4.45. The van der Waals surface area contributed by atoms with E-state index in [0.29, 0.717) is 16.8 Å². The summed E-state index contributed by atoms with van der Waals surface area (Å²) in [5, 5.41) is 8.34. The van der Waals surface area contributed by atoms with Gasteiger partial charge in [0.1, 0.15) is 4.21 Å². The van der Waals surface area contributed by atoms with Crippen molar-refractivity contribution in [3.05, 3.63) is 51.9 Å². The van der Waals surface area contributed by atoms with Crippen LogP contribution in [0.3, 0.4) is 0 Å². The van der Waals surface area contributed by atoms with Crippen LogP contribution in [0.4, 0.5) is 0 Å². The number of guanidine groups is 1. The fourth-order valence-corrected chi connectivity index (χ4v) is 5.83. The zero-order valence-electron chi connectivity index (χ0n) is 13.0. The van der Waals surface area contributed by atoms with Gasteiger partial charge in [-0.1, -0.05) is 18.2 Å². The van der Waals surface area contributed by atoms with Gasteiger partial charge in [0.25, 0.3) is 10.0 Å². The van der Waals surface area contributed by atoms with Crippen LogP contribution < -0.4 is 11.5 Å². The summed E-state index contributed by atoms with van der Waals surface area (Å²) in [6.45, 7) is 1.72. The van der Waals surface area contributed by atoms with Gasteiger partial charge in [-0.2, -0.15) is 13.5 Å². The lowest BCUT2D eigenvalue weighted by atomic mass is 10.1. The molecule has 0 unspecified atom stereocenters. The summed E-state index contributed by atoms with van der Waals surface area (Å²) < 4.78 is 28.3. The number of aromatic nitrogens is 1. The number of nitrogens with zero attached hydrogens (tertiary/aromatic N) is 3. The molecule has 0 bridgehead atoms. The SMILES string of the molecule is C/C(=N/N=C(N)N)c1cn(S(=O)(=O)c2ccc(Br)s2)c2ccccc12. The first-order valence-electron chi connectivity index (χ1n) is 7.05. The third-order valence-electron chi connectivity index (χ3n) is 3.45. The molecule has 3 aromatic rings. The minimum absolute atomic E-state index is 0.167. The Morgan fingerprint density at radius 1 is 1.16 bits per heavy atom. The number of benzene rings is 1. The predicted octanol–water partition coefficient (Wildman–Crippen LogP) is 2.70. The highest BCUT2D eigenvalue weighted by atomic mass is 79.9. The van der Waals surface area contributed by atoms with Gasteiger partial charge in [-0.15, -0.1) is 16.4 Å². The van der Waals surface area contributed by atoms with E-state index in [9.17, 15) is 8.42 Å². The van der Waals surface area contributed by atoms with Gasteiger partial charge in [0.2, 0.25) is 5.96 Å². The van der Waals surface area contributed by atoms with Crippen LogP contribution in [0.2, 0.25) is 0 Å². The van der Waals surface area contributed by atoms with Crippen LogP contribution in [-0.2, 0) is 10.0 Å². The maximum atomic E-state index is 13.0. The molecule has 10 heteroatoms. The fourth-order valence-electron chi connectivity index (χ4n) is 2.36. The molecular weight excluding hydrogens is 426 g/mol. The zero-order valence-corrected chi connectivity index (χ0v) is 16.3. The Hall–Kier alpha value is -2.17. The minimum Gasteiger partial charge on any atom is -0.369 e. The number of nitrogens with two attached hydrogens (primary N) is 2. The molecule has 3 rings (SSSR count). The summed E-state index contributed by atoms with van der Waals surface area (Å²) in [4.78, 5) is 0. The molecule has 7 nitrogen and oxygen atoms in total. The Kier molecular flexibility index (Phi) is 4.67. The van der Waals surface area contributed by atoms with Gasteiger partial charge in [0, 0.05) is 17.1 Å². The second-order valence-electron chi connectivity index (χ2n) is 5.13. The van der Waals surface area contributed by atoms with Gasteiger partial charge in [-0.3, -0.25) is 0 Å². The van der Waals surface area contributed by atoms with Crippen LogP contribution in [-0.4, -0.2) is 24.1 Å². The molecule has 0 saturated heterocycles. The van der Waals surface area contributed by atoms with Crippen molar-refractivity contribution in [1.82, 2.24) is 3.97 Å². The first-order valence-corrected chi connectivity index (χ1v) is 10.1. The van der Waals surface area contributed by atoms with Crippen LogP contribution >= 0.6 is 27.3 Å². The van der Waals surface area contributed by atoms with E-state index in [1.165, 1.54) is 10.2 Å². The number of para-hydroxylation sites is 1. The standard InChI is InChI=1S/C15H14BrN5O2S2/c1-9(19-20-15(17)18)11-8-21(12-5-3-2-4-10(11)12)25(22,23)14-7-6-13(16)24-14/h2-8H,1H3,(H4,17,18,20)/b19-9-. The first kappa shape index (κ1) is 17.6. The average molecular weight is 440 g/mol. The molecule has 25 heavy (non-hydrogen) atoms. The third kappa shape index (κ3) is 3.32. The highest BCUT2D eigenvalue weighted by Crippen LogP contribution is 2.31. The fraction of sp³-hybridized carbons (Fsp3) is 0.0667. The van der Waals surface area contributed by atoms with Crippen molar-refractivity contribution in [2.24, 2.45) is 21.7 Å². The van der Waals surface area contributed by atoms with Crippen molar-refractivity contribution in [2.75, 3.05) is 0 Å². The lowest BCUT2D eigenvalue weighted by molar-refractivity contribution is 0.591. The van der Waals surface area contributed by atoms with Gasteiger partial charge in [-0.25, -0.2) is 3.97 Å². The number of thiophene rings is 1. The van der Waals surface area contributed by atoms with Crippen LogP contribution in [0.25, 0.3) is 10.9 Å². The molecule has 130 valence electrons. The van der Waals surface area contributed by atoms with Crippen molar-refractivity contribution in [1.29, 1.82) is 0 Å². The van der Waals surface area contributed by atoms with E-state index in [4.69, 9.17) is 11.5 Å². The van der Waals surface area contributed by atoms with E-state index in [-0.39, 0.29) is 10.2 Å². The van der Waals surface area contributed by atoms with E-state index in [1.807, 2.05) is 12.1 Å². The smallest absolute Gasteiger partial charge is 0.277 e. The molecular formula is C15H14BrN5O2S2. The predicted molar refractivity (Wildman–Crippen MR) is 105 cm³/mol. The quantitative estimate of drug-likeness (QED) is 0.369. The molecule has 2 aromatic heterocycles. The molecule has 0 aliphatic heterocycles. The summed E-state index contributed by atoms with van der Waals surface area (Å²) in [7, 11) is -3.72. The molecule has 0 aliphatic carbocycles. The Labute approximate surface area is 156 Å². The van der Waals surface area contributed by atoms with Crippen LogP contribution in [0, 0.1) is 0 Å². The molecule has 0 amide bonds. The van der Waals surface area contributed by atoms with Crippen molar-refractivity contribution in [3.8, 4) is 0 Å². The molecule has 1 aromatic carbocycles. The second kappa shape index (κ2) is 6.62. The second-order valence-corrected chi connectivity index (χ2v) is 9.63. The Bertz CT molecular complexity index is 1110. The third-order valence-corrected chi connectivity index (χ3v) is 7.21. The molecule has 0 atom stereocenters. The van der Waals surface area contributed by atoms with Crippen LogP contribution in [0.1, 0.15) is 12.5 Å². The summed E-state index contributed by atoms with van der Waals surface area (Å²) in [6.07, 6.45) is 1.54. The number of fused-ring (bicyclic) bond motifs is 1. The summed E-state index contributed by atoms with van der Waals surface area (Å²) in [6, 6.07) is 10.5. The number of hydrogen-bond donors (Lipinski definition) is 2. The molecule has 4 N–H and O–H groups in total. The topological polar surface area (TPSA) is 116 Å². The first-order chi connectivity index (χ1) is 11.8. The van der Waals surface area contributed by atoms with E-state index >= 15 is 0 Å². The van der Waals surface area contributed by atoms with E-state index in [2.05, 4.69) is 26.1 Å². The van der Waals surface area contributed by atoms with E-state index in [1.54, 1.807) is 31.2 Å². The van der Waals surface area contributed by atoms with E-state index in [0.717, 1.165) is 20.5 Å². The number of rotatable bonds is 4. The summed E-state index contributed by atoms with van der Waals surface area (Å²) in [5.41, 5.74) is 12.3. The van der Waals surface area contributed by atoms with Crippen molar-refractivity contribution >= 4 is 59.9 Å². The van der Waals surface area contributed by atoms with Crippen LogP contribution in [0.5, 0.6) is 0 Å². The zero-order chi connectivity index (χ0) is 18.2. The van der Waals surface area contributed by atoms with Crippen molar-refractivity contribution in [3.63, 3.8) is 0 Å². The molecule has 0 spiro atoms. The number of hydrogen-bond acceptors (Lipinski definition) is 5.